The molecule has 1 aromatic heterocycles. The van der Waals surface area contributed by atoms with Crippen LogP contribution in [0.5, 0.6) is 5.75 Å². The molecule has 0 amide bonds. The van der Waals surface area contributed by atoms with Crippen LogP contribution in [0.4, 0.5) is 0 Å². The Morgan fingerprint density at radius 3 is 1.68 bits per heavy atom. The molecule has 7 nitrogen and oxygen atoms in total. The molecule has 0 bridgehead atoms. The summed E-state index contributed by atoms with van der Waals surface area (Å²) in [5.41, 5.74) is 2.80. The van der Waals surface area contributed by atoms with Gasteiger partial charge in [0.05, 0.1) is 32.0 Å². The molecule has 0 atom stereocenters. The van der Waals surface area contributed by atoms with E-state index >= 15 is 0 Å². The van der Waals surface area contributed by atoms with Crippen LogP contribution >= 0.6 is 11.3 Å². The van der Waals surface area contributed by atoms with Gasteiger partial charge in [0.15, 0.2) is 0 Å². The maximum atomic E-state index is 12.6. The van der Waals surface area contributed by atoms with Crippen molar-refractivity contribution < 1.29 is 33.3 Å². The second kappa shape index (κ2) is 19.1. The maximum absolute atomic E-state index is 12.6. The van der Waals surface area contributed by atoms with Gasteiger partial charge in [-0.25, -0.2) is 14.4 Å². The molecule has 0 aliphatic carbocycles. The lowest BCUT2D eigenvalue weighted by Gasteiger charge is -2.07. The van der Waals surface area contributed by atoms with Crippen molar-refractivity contribution in [1.82, 2.24) is 0 Å². The molecule has 0 N–H and O–H groups in total. The molecule has 4 aromatic rings. The van der Waals surface area contributed by atoms with Crippen molar-refractivity contribution in [3.63, 3.8) is 0 Å². The Labute approximate surface area is 280 Å². The molecule has 1 heterocycles. The van der Waals surface area contributed by atoms with Crippen molar-refractivity contribution in [2.45, 2.75) is 51.4 Å². The van der Waals surface area contributed by atoms with E-state index in [0.29, 0.717) is 32.0 Å². The van der Waals surface area contributed by atoms with E-state index in [9.17, 15) is 14.4 Å². The molecule has 0 unspecified atom stereocenters. The number of ether oxygens (including phenoxy) is 4. The molecule has 0 saturated heterocycles. The first-order valence-electron chi connectivity index (χ1n) is 16.1. The Kier molecular flexibility index (Phi) is 14.3. The van der Waals surface area contributed by atoms with Crippen LogP contribution in [0, 0.1) is 0 Å². The molecule has 8 heteroatoms. The fourth-order valence-corrected chi connectivity index (χ4v) is 5.91. The van der Waals surface area contributed by atoms with Crippen LogP contribution in [-0.2, 0) is 23.8 Å². The maximum Gasteiger partial charge on any atom is 0.338 e. The summed E-state index contributed by atoms with van der Waals surface area (Å²) in [5, 5.41) is 2.04. The molecule has 4 rings (SSSR count). The van der Waals surface area contributed by atoms with Gasteiger partial charge < -0.3 is 18.9 Å². The molecule has 0 aliphatic rings. The minimum Gasteiger partial charge on any atom is -0.494 e. The third-order valence-electron chi connectivity index (χ3n) is 7.51. The van der Waals surface area contributed by atoms with Crippen LogP contribution in [0.3, 0.4) is 0 Å². The van der Waals surface area contributed by atoms with Crippen LogP contribution in [0.2, 0.25) is 0 Å². The van der Waals surface area contributed by atoms with Crippen molar-refractivity contribution >= 4 is 40.0 Å². The van der Waals surface area contributed by atoms with Crippen LogP contribution in [0.1, 0.15) is 61.7 Å². The van der Waals surface area contributed by atoms with Crippen molar-refractivity contribution in [3.8, 4) is 26.6 Å². The predicted octanol–water partition coefficient (Wildman–Crippen LogP) is 9.35. The lowest BCUT2D eigenvalue weighted by molar-refractivity contribution is -0.138. The highest BCUT2D eigenvalue weighted by molar-refractivity contribution is 7.18. The zero-order valence-electron chi connectivity index (χ0n) is 26.7. The summed E-state index contributed by atoms with van der Waals surface area (Å²) in [6.45, 7) is 8.58. The average Bonchev–Trinajstić information content (AvgIpc) is 3.60. The number of carbonyl (C=O) groups is 3. The largest absolute Gasteiger partial charge is 0.494 e. The Balaban J connectivity index is 1.20. The SMILES string of the molecule is C=CC(=O)OCCCCCCOC(=O)c1ccc2cc(-c3ccc(-c4ccc(OCCCCCCOC(=O)C=C)cc4)s3)ccc2c1. The number of esters is 3. The number of fused-ring (bicyclic) bond motifs is 1. The van der Waals surface area contributed by atoms with Gasteiger partial charge in [-0.2, -0.15) is 0 Å². The third kappa shape index (κ3) is 11.6. The van der Waals surface area contributed by atoms with E-state index in [1.807, 2.05) is 36.4 Å². The first-order chi connectivity index (χ1) is 23.0. The van der Waals surface area contributed by atoms with Gasteiger partial charge in [-0.05, 0) is 128 Å². The first kappa shape index (κ1) is 35.2. The van der Waals surface area contributed by atoms with Gasteiger partial charge in [-0.15, -0.1) is 11.3 Å². The summed E-state index contributed by atoms with van der Waals surface area (Å²) < 4.78 is 21.3. The first-order valence-corrected chi connectivity index (χ1v) is 16.9. The molecular weight excluding hydrogens is 612 g/mol. The second-order valence-corrected chi connectivity index (χ2v) is 12.1. The van der Waals surface area contributed by atoms with Gasteiger partial charge in [-0.1, -0.05) is 31.4 Å². The number of benzene rings is 3. The molecule has 3 aromatic carbocycles. The van der Waals surface area contributed by atoms with Crippen molar-refractivity contribution in [2.75, 3.05) is 26.4 Å². The topological polar surface area (TPSA) is 88.1 Å². The fourth-order valence-electron chi connectivity index (χ4n) is 4.91. The van der Waals surface area contributed by atoms with Gasteiger partial charge in [0.25, 0.3) is 0 Å². The minimum atomic E-state index is -0.404. The average molecular weight is 655 g/mol. The van der Waals surface area contributed by atoms with E-state index in [1.165, 1.54) is 15.8 Å². The monoisotopic (exact) mass is 654 g/mol. The number of hydrogen-bond acceptors (Lipinski definition) is 8. The van der Waals surface area contributed by atoms with Crippen molar-refractivity contribution in [3.05, 3.63) is 104 Å². The van der Waals surface area contributed by atoms with Gasteiger partial charge in [0, 0.05) is 21.9 Å². The highest BCUT2D eigenvalue weighted by atomic mass is 32.1. The summed E-state index contributed by atoms with van der Waals surface area (Å²) in [5.74, 6) is -0.247. The van der Waals surface area contributed by atoms with Gasteiger partial charge >= 0.3 is 17.9 Å². The summed E-state index contributed by atoms with van der Waals surface area (Å²) in [4.78, 5) is 37.0. The zero-order chi connectivity index (χ0) is 33.3. The van der Waals surface area contributed by atoms with E-state index in [1.54, 1.807) is 11.3 Å². The van der Waals surface area contributed by atoms with Crippen LogP contribution in [0.15, 0.2) is 98.1 Å². The smallest absolute Gasteiger partial charge is 0.338 e. The standard InChI is InChI=1S/C39H42O7S/c1-3-37(40)44-24-10-6-5-9-23-43-34-19-17-29(18-20-34)35-21-22-36(47-35)32-15-13-31-28-33(16-14-30(31)27-32)39(42)46-26-12-8-7-11-25-45-38(41)4-2/h3-4,13-22,27-28H,1-2,5-12,23-26H2. The third-order valence-corrected chi connectivity index (χ3v) is 8.69. The van der Waals surface area contributed by atoms with E-state index in [4.69, 9.17) is 18.9 Å². The van der Waals surface area contributed by atoms with E-state index in [-0.39, 0.29) is 11.9 Å². The molecular formula is C39H42O7S. The Morgan fingerprint density at radius 1 is 0.553 bits per heavy atom. The van der Waals surface area contributed by atoms with Gasteiger partial charge in [0.1, 0.15) is 5.75 Å². The lowest BCUT2D eigenvalue weighted by Crippen LogP contribution is -2.06. The second-order valence-electron chi connectivity index (χ2n) is 11.0. The van der Waals surface area contributed by atoms with Crippen LogP contribution in [0.25, 0.3) is 31.7 Å². The number of thiophene rings is 1. The predicted molar refractivity (Wildman–Crippen MR) is 188 cm³/mol. The zero-order valence-corrected chi connectivity index (χ0v) is 27.6. The molecule has 0 spiro atoms. The molecule has 0 aliphatic heterocycles. The van der Waals surface area contributed by atoms with Gasteiger partial charge in [0.2, 0.25) is 0 Å². The number of hydrogen-bond donors (Lipinski definition) is 0. The highest BCUT2D eigenvalue weighted by Crippen LogP contribution is 2.36. The van der Waals surface area contributed by atoms with Gasteiger partial charge in [-0.3, -0.25) is 0 Å². The number of rotatable bonds is 20. The van der Waals surface area contributed by atoms with Crippen molar-refractivity contribution in [2.24, 2.45) is 0 Å². The fraction of sp³-hybridized carbons (Fsp3) is 0.308. The molecule has 47 heavy (non-hydrogen) atoms. The molecule has 0 radical (unpaired) electrons. The molecule has 0 saturated carbocycles. The van der Waals surface area contributed by atoms with E-state index < -0.39 is 5.97 Å². The Morgan fingerprint density at radius 2 is 1.06 bits per heavy atom. The highest BCUT2D eigenvalue weighted by Gasteiger charge is 2.10. The summed E-state index contributed by atoms with van der Waals surface area (Å²) >= 11 is 1.74. The lowest BCUT2D eigenvalue weighted by atomic mass is 10.0. The number of carbonyl (C=O) groups excluding carboxylic acids is 3. The number of unbranched alkanes of at least 4 members (excludes halogenated alkanes) is 6. The molecule has 0 fully saturated rings. The Bertz CT molecular complexity index is 1640. The van der Waals surface area contributed by atoms with Crippen molar-refractivity contribution in [1.29, 1.82) is 0 Å². The van der Waals surface area contributed by atoms with E-state index in [0.717, 1.165) is 85.1 Å². The molecule has 246 valence electrons. The summed E-state index contributed by atoms with van der Waals surface area (Å²) in [7, 11) is 0. The summed E-state index contributed by atoms with van der Waals surface area (Å²) in [6, 6.07) is 24.4. The normalized spacial score (nSPS) is 10.7. The van der Waals surface area contributed by atoms with E-state index in [2.05, 4.69) is 49.6 Å². The Hall–Kier alpha value is -4.69. The summed E-state index contributed by atoms with van der Waals surface area (Å²) in [6.07, 6.45) is 9.47. The van der Waals surface area contributed by atoms with Crippen LogP contribution < -0.4 is 4.74 Å². The minimum absolute atomic E-state index is 0.323. The van der Waals surface area contributed by atoms with Crippen LogP contribution in [-0.4, -0.2) is 44.3 Å². The quantitative estimate of drug-likeness (QED) is 0.0406.